The van der Waals surface area contributed by atoms with Gasteiger partial charge in [-0.25, -0.2) is 4.79 Å². The molecular weight excluding hydrogens is 446 g/mol. The number of aromatic nitrogens is 2. The Kier molecular flexibility index (Phi) is 5.93. The van der Waals surface area contributed by atoms with Crippen LogP contribution in [-0.4, -0.2) is 57.6 Å². The summed E-state index contributed by atoms with van der Waals surface area (Å²) in [5.41, 5.74) is 2.33. The van der Waals surface area contributed by atoms with E-state index in [4.69, 9.17) is 4.74 Å². The molecular formula is C23H23N3O4S2. The van der Waals surface area contributed by atoms with Crippen LogP contribution in [0.5, 0.6) is 0 Å². The SMILES string of the molecule is O=C(COC(=O)c1c(-n2cccc2)sc2c1CCSC2)c1c[nH]c(C(=O)N2CCCC2)c1. The van der Waals surface area contributed by atoms with Gasteiger partial charge in [-0.15, -0.1) is 11.3 Å². The second-order valence-corrected chi connectivity index (χ2v) is 10.1. The van der Waals surface area contributed by atoms with Gasteiger partial charge in [0, 0.05) is 47.9 Å². The summed E-state index contributed by atoms with van der Waals surface area (Å²) in [6.07, 6.45) is 8.15. The number of fused-ring (bicyclic) bond motifs is 1. The number of H-pyrrole nitrogens is 1. The van der Waals surface area contributed by atoms with Crippen molar-refractivity contribution >= 4 is 40.8 Å². The van der Waals surface area contributed by atoms with Crippen LogP contribution in [0, 0.1) is 0 Å². The normalized spacial score (nSPS) is 15.6. The number of likely N-dealkylation sites (tertiary alicyclic amines) is 1. The number of thiophene rings is 1. The molecule has 5 heterocycles. The summed E-state index contributed by atoms with van der Waals surface area (Å²) < 4.78 is 7.39. The van der Waals surface area contributed by atoms with Gasteiger partial charge in [-0.2, -0.15) is 11.8 Å². The van der Waals surface area contributed by atoms with E-state index in [-0.39, 0.29) is 18.3 Å². The zero-order valence-electron chi connectivity index (χ0n) is 17.5. The van der Waals surface area contributed by atoms with Crippen LogP contribution in [-0.2, 0) is 16.9 Å². The maximum absolute atomic E-state index is 13.1. The number of nitrogens with zero attached hydrogens (tertiary/aromatic N) is 2. The molecule has 0 spiro atoms. The summed E-state index contributed by atoms with van der Waals surface area (Å²) in [6.45, 7) is 1.12. The number of thioether (sulfide) groups is 1. The van der Waals surface area contributed by atoms with E-state index < -0.39 is 5.97 Å². The van der Waals surface area contributed by atoms with Gasteiger partial charge in [0.2, 0.25) is 5.78 Å². The van der Waals surface area contributed by atoms with Gasteiger partial charge in [-0.1, -0.05) is 0 Å². The number of Topliss-reactive ketones (excluding diaryl/α,β-unsaturated/α-hetero) is 1. The largest absolute Gasteiger partial charge is 0.454 e. The highest BCUT2D eigenvalue weighted by Gasteiger charge is 2.28. The summed E-state index contributed by atoms with van der Waals surface area (Å²) >= 11 is 3.46. The van der Waals surface area contributed by atoms with E-state index in [1.807, 2.05) is 40.9 Å². The molecule has 2 aliphatic rings. The van der Waals surface area contributed by atoms with Crippen molar-refractivity contribution in [2.45, 2.75) is 25.0 Å². The zero-order chi connectivity index (χ0) is 22.1. The van der Waals surface area contributed by atoms with Crippen molar-refractivity contribution in [2.24, 2.45) is 0 Å². The molecule has 9 heteroatoms. The van der Waals surface area contributed by atoms with Crippen molar-refractivity contribution in [3.05, 3.63) is 64.1 Å². The molecule has 0 saturated carbocycles. The Balaban J connectivity index is 1.30. The second kappa shape index (κ2) is 8.99. The summed E-state index contributed by atoms with van der Waals surface area (Å²) in [6, 6.07) is 5.38. The van der Waals surface area contributed by atoms with Crippen LogP contribution in [0.15, 0.2) is 36.8 Å². The molecule has 1 saturated heterocycles. The minimum absolute atomic E-state index is 0.0994. The topological polar surface area (TPSA) is 84.4 Å². The highest BCUT2D eigenvalue weighted by Crippen LogP contribution is 2.38. The number of aromatic amines is 1. The molecule has 2 aliphatic heterocycles. The molecule has 166 valence electrons. The van der Waals surface area contributed by atoms with Crippen LogP contribution < -0.4 is 0 Å². The van der Waals surface area contributed by atoms with Crippen molar-refractivity contribution in [3.8, 4) is 5.00 Å². The molecule has 0 aliphatic carbocycles. The predicted octanol–water partition coefficient (Wildman–Crippen LogP) is 3.93. The Morgan fingerprint density at radius 2 is 1.91 bits per heavy atom. The highest BCUT2D eigenvalue weighted by atomic mass is 32.2. The molecule has 1 fully saturated rings. The number of ketones is 1. The van der Waals surface area contributed by atoms with Gasteiger partial charge in [0.15, 0.2) is 6.61 Å². The third-order valence-electron chi connectivity index (χ3n) is 5.81. The molecule has 0 atom stereocenters. The fourth-order valence-corrected chi connectivity index (χ4v) is 6.57. The smallest absolute Gasteiger partial charge is 0.341 e. The number of nitrogens with one attached hydrogen (secondary N) is 1. The van der Waals surface area contributed by atoms with Crippen LogP contribution in [0.25, 0.3) is 5.00 Å². The number of carbonyl (C=O) groups excluding carboxylic acids is 3. The number of esters is 1. The van der Waals surface area contributed by atoms with Crippen molar-refractivity contribution in [3.63, 3.8) is 0 Å². The monoisotopic (exact) mass is 469 g/mol. The maximum Gasteiger partial charge on any atom is 0.341 e. The quantitative estimate of drug-likeness (QED) is 0.437. The molecule has 5 rings (SSSR count). The van der Waals surface area contributed by atoms with Crippen molar-refractivity contribution in [2.75, 3.05) is 25.4 Å². The van der Waals surface area contributed by atoms with Gasteiger partial charge >= 0.3 is 5.97 Å². The first-order chi connectivity index (χ1) is 15.6. The Morgan fingerprint density at radius 3 is 2.69 bits per heavy atom. The second-order valence-electron chi connectivity index (χ2n) is 7.88. The number of hydrogen-bond donors (Lipinski definition) is 1. The summed E-state index contributed by atoms with van der Waals surface area (Å²) in [5.74, 6) is 0.938. The Morgan fingerprint density at radius 1 is 1.12 bits per heavy atom. The van der Waals surface area contributed by atoms with Gasteiger partial charge in [0.25, 0.3) is 5.91 Å². The van der Waals surface area contributed by atoms with E-state index >= 15 is 0 Å². The Labute approximate surface area is 193 Å². The lowest BCUT2D eigenvalue weighted by Crippen LogP contribution is -2.27. The van der Waals surface area contributed by atoms with Crippen LogP contribution >= 0.6 is 23.1 Å². The summed E-state index contributed by atoms with van der Waals surface area (Å²) in [7, 11) is 0. The van der Waals surface area contributed by atoms with Crippen molar-refractivity contribution < 1.29 is 19.1 Å². The van der Waals surface area contributed by atoms with Gasteiger partial charge in [-0.05, 0) is 48.8 Å². The summed E-state index contributed by atoms with van der Waals surface area (Å²) in [5, 5.41) is 0.833. The number of hydrogen-bond acceptors (Lipinski definition) is 6. The highest BCUT2D eigenvalue weighted by molar-refractivity contribution is 7.98. The third-order valence-corrected chi connectivity index (χ3v) is 8.22. The van der Waals surface area contributed by atoms with Gasteiger partial charge in [-0.3, -0.25) is 9.59 Å². The molecule has 0 aromatic carbocycles. The Hall–Kier alpha value is -2.78. The molecule has 0 radical (unpaired) electrons. The van der Waals surface area contributed by atoms with Crippen LogP contribution in [0.3, 0.4) is 0 Å². The van der Waals surface area contributed by atoms with E-state index in [1.54, 1.807) is 22.3 Å². The molecule has 0 unspecified atom stereocenters. The molecule has 7 nitrogen and oxygen atoms in total. The van der Waals surface area contributed by atoms with E-state index in [1.165, 1.54) is 11.1 Å². The first kappa shape index (κ1) is 21.1. The number of amides is 1. The van der Waals surface area contributed by atoms with Gasteiger partial charge in [0.1, 0.15) is 10.7 Å². The lowest BCUT2D eigenvalue weighted by Gasteiger charge is -2.13. The standard InChI is InChI=1S/C23H23N3O4S2/c27-18(15-11-17(24-12-15)21(28)25-6-1-2-7-25)13-30-23(29)20-16-5-10-31-14-19(16)32-22(20)26-8-3-4-9-26/h3-4,8-9,11-12,24H,1-2,5-7,10,13-14H2. The first-order valence-electron chi connectivity index (χ1n) is 10.7. The number of carbonyl (C=O) groups is 3. The van der Waals surface area contributed by atoms with E-state index in [2.05, 4.69) is 4.98 Å². The maximum atomic E-state index is 13.1. The number of rotatable bonds is 6. The van der Waals surface area contributed by atoms with Crippen LogP contribution in [0.4, 0.5) is 0 Å². The van der Waals surface area contributed by atoms with Gasteiger partial charge < -0.3 is 19.2 Å². The first-order valence-corrected chi connectivity index (χ1v) is 12.6. The van der Waals surface area contributed by atoms with E-state index in [9.17, 15) is 14.4 Å². The third kappa shape index (κ3) is 4.02. The van der Waals surface area contributed by atoms with Gasteiger partial charge in [0.05, 0.1) is 5.56 Å². The molecule has 3 aromatic heterocycles. The molecule has 0 bridgehead atoms. The minimum atomic E-state index is -0.477. The lowest BCUT2D eigenvalue weighted by atomic mass is 10.1. The number of ether oxygens (including phenoxy) is 1. The average Bonchev–Trinajstić information content (AvgIpc) is 3.62. The molecule has 32 heavy (non-hydrogen) atoms. The Bertz CT molecular complexity index is 1160. The fourth-order valence-electron chi connectivity index (χ4n) is 4.14. The van der Waals surface area contributed by atoms with E-state index in [0.717, 1.165) is 54.4 Å². The minimum Gasteiger partial charge on any atom is -0.454 e. The average molecular weight is 470 g/mol. The predicted molar refractivity (Wildman–Crippen MR) is 124 cm³/mol. The van der Waals surface area contributed by atoms with Crippen molar-refractivity contribution in [1.82, 2.24) is 14.5 Å². The zero-order valence-corrected chi connectivity index (χ0v) is 19.1. The van der Waals surface area contributed by atoms with Crippen LogP contribution in [0.2, 0.25) is 0 Å². The van der Waals surface area contributed by atoms with Crippen molar-refractivity contribution in [1.29, 1.82) is 0 Å². The van der Waals surface area contributed by atoms with E-state index in [0.29, 0.717) is 16.8 Å². The lowest BCUT2D eigenvalue weighted by molar-refractivity contribution is 0.0474. The van der Waals surface area contributed by atoms with Crippen LogP contribution in [0.1, 0.15) is 54.5 Å². The summed E-state index contributed by atoms with van der Waals surface area (Å²) in [4.78, 5) is 44.1. The molecule has 3 aromatic rings. The molecule has 1 N–H and O–H groups in total. The fraction of sp³-hybridized carbons (Fsp3) is 0.348. The molecule has 1 amide bonds.